The van der Waals surface area contributed by atoms with Gasteiger partial charge in [-0.1, -0.05) is 6.08 Å². The van der Waals surface area contributed by atoms with Crippen LogP contribution in [0.25, 0.3) is 16.3 Å². The van der Waals surface area contributed by atoms with Crippen LogP contribution in [-0.4, -0.2) is 32.8 Å². The molecule has 0 unspecified atom stereocenters. The number of allylic oxidation sites excluding steroid dienone is 2. The topological polar surface area (TPSA) is 101 Å². The smallest absolute Gasteiger partial charge is 0.340 e. The third-order valence-corrected chi connectivity index (χ3v) is 5.82. The second-order valence-corrected chi connectivity index (χ2v) is 8.09. The van der Waals surface area contributed by atoms with Crippen molar-refractivity contribution in [2.75, 3.05) is 5.32 Å². The van der Waals surface area contributed by atoms with E-state index in [0.717, 1.165) is 35.0 Å². The molecule has 0 bridgehead atoms. The lowest BCUT2D eigenvalue weighted by atomic mass is 9.94. The fourth-order valence-electron chi connectivity index (χ4n) is 4.07. The zero-order valence-electron chi connectivity index (χ0n) is 17.9. The van der Waals surface area contributed by atoms with Crippen LogP contribution in [0.4, 0.5) is 11.5 Å². The Morgan fingerprint density at radius 3 is 2.48 bits per heavy atom. The number of rotatable bonds is 5. The Morgan fingerprint density at radius 1 is 0.970 bits per heavy atom. The Labute approximate surface area is 190 Å². The van der Waals surface area contributed by atoms with Crippen LogP contribution in [0.2, 0.25) is 0 Å². The highest BCUT2D eigenvalue weighted by Gasteiger charge is 2.33. The number of nitrogens with one attached hydrogen (secondary N) is 1. The summed E-state index contributed by atoms with van der Waals surface area (Å²) >= 11 is 0. The van der Waals surface area contributed by atoms with Crippen LogP contribution in [0, 0.1) is 0 Å². The average molecular weight is 442 g/mol. The number of hydrogen-bond donors (Lipinski definition) is 1. The van der Waals surface area contributed by atoms with Gasteiger partial charge in [-0.3, -0.25) is 14.6 Å². The number of amides is 2. The minimum atomic E-state index is -0.759. The van der Waals surface area contributed by atoms with Gasteiger partial charge in [-0.05, 0) is 67.7 Å². The molecule has 1 fully saturated rings. The predicted molar refractivity (Wildman–Crippen MR) is 122 cm³/mol. The molecule has 33 heavy (non-hydrogen) atoms. The largest absolute Gasteiger partial charge is 0.363 e. The van der Waals surface area contributed by atoms with E-state index in [1.54, 1.807) is 24.3 Å². The van der Waals surface area contributed by atoms with E-state index in [-0.39, 0.29) is 18.4 Å². The summed E-state index contributed by atoms with van der Waals surface area (Å²) in [6, 6.07) is 10.5. The Balaban J connectivity index is 1.33. The van der Waals surface area contributed by atoms with E-state index in [2.05, 4.69) is 21.4 Å². The highest BCUT2D eigenvalue weighted by molar-refractivity contribution is 6.02. The number of nitrogens with zero attached hydrogens (tertiary/aromatic N) is 3. The Hall–Kier alpha value is -4.07. The van der Waals surface area contributed by atoms with Crippen molar-refractivity contribution in [1.29, 1.82) is 0 Å². The maximum absolute atomic E-state index is 12.3. The molecule has 0 radical (unpaired) electrons. The third-order valence-electron chi connectivity index (χ3n) is 5.82. The van der Waals surface area contributed by atoms with Gasteiger partial charge in [0.2, 0.25) is 0 Å². The van der Waals surface area contributed by atoms with Crippen LogP contribution in [0.1, 0.15) is 54.6 Å². The van der Waals surface area contributed by atoms with Crippen molar-refractivity contribution in [2.45, 2.75) is 38.5 Å². The fourth-order valence-corrected chi connectivity index (χ4v) is 4.07. The zero-order valence-corrected chi connectivity index (χ0v) is 17.9. The van der Waals surface area contributed by atoms with Crippen molar-refractivity contribution in [3.8, 4) is 0 Å². The highest BCUT2D eigenvalue weighted by Crippen LogP contribution is 2.31. The SMILES string of the molecule is O=C(ON1C(=O)CCC1=O)c1ccc(Nc2cc3c(C4=CCCCC4)nccc3cn2)cc1. The molecule has 5 rings (SSSR count). The van der Waals surface area contributed by atoms with Gasteiger partial charge in [-0.2, -0.15) is 0 Å². The lowest BCUT2D eigenvalue weighted by Crippen LogP contribution is -2.32. The molecule has 1 N–H and O–H groups in total. The molecule has 1 aliphatic carbocycles. The average Bonchev–Trinajstić information content (AvgIpc) is 3.16. The second kappa shape index (κ2) is 8.82. The Morgan fingerprint density at radius 2 is 1.76 bits per heavy atom. The van der Waals surface area contributed by atoms with Crippen molar-refractivity contribution in [3.05, 3.63) is 66.1 Å². The molecule has 3 heterocycles. The molecule has 166 valence electrons. The number of fused-ring (bicyclic) bond motifs is 1. The lowest BCUT2D eigenvalue weighted by Gasteiger charge is -2.15. The minimum Gasteiger partial charge on any atom is -0.340 e. The molecule has 1 aromatic carbocycles. The summed E-state index contributed by atoms with van der Waals surface area (Å²) in [6.07, 6.45) is 10.5. The summed E-state index contributed by atoms with van der Waals surface area (Å²) in [5, 5.41) is 5.87. The number of carbonyl (C=O) groups is 3. The Bertz CT molecular complexity index is 1270. The second-order valence-electron chi connectivity index (χ2n) is 8.09. The van der Waals surface area contributed by atoms with Crippen molar-refractivity contribution >= 4 is 45.6 Å². The van der Waals surface area contributed by atoms with Crippen LogP contribution < -0.4 is 5.32 Å². The van der Waals surface area contributed by atoms with Gasteiger partial charge in [0.1, 0.15) is 5.82 Å². The van der Waals surface area contributed by atoms with Crippen LogP contribution >= 0.6 is 0 Å². The maximum atomic E-state index is 12.3. The molecule has 2 amide bonds. The van der Waals surface area contributed by atoms with Crippen LogP contribution in [0.3, 0.4) is 0 Å². The van der Waals surface area contributed by atoms with Gasteiger partial charge < -0.3 is 10.2 Å². The number of benzene rings is 1. The Kier molecular flexibility index (Phi) is 5.56. The number of pyridine rings is 2. The normalized spacial score (nSPS) is 16.1. The zero-order chi connectivity index (χ0) is 22.8. The van der Waals surface area contributed by atoms with Gasteiger partial charge in [0, 0.05) is 41.7 Å². The number of hydroxylamine groups is 2. The fraction of sp³-hybridized carbons (Fsp3) is 0.240. The molecule has 0 atom stereocenters. The first kappa shape index (κ1) is 20.8. The van der Waals surface area contributed by atoms with E-state index in [0.29, 0.717) is 10.9 Å². The highest BCUT2D eigenvalue weighted by atomic mass is 16.7. The van der Waals surface area contributed by atoms with E-state index in [1.165, 1.54) is 18.4 Å². The van der Waals surface area contributed by atoms with Gasteiger partial charge in [0.25, 0.3) is 11.8 Å². The van der Waals surface area contributed by atoms with E-state index >= 15 is 0 Å². The van der Waals surface area contributed by atoms with E-state index < -0.39 is 17.8 Å². The molecule has 2 aliphatic rings. The number of hydrogen-bond acceptors (Lipinski definition) is 7. The van der Waals surface area contributed by atoms with E-state index in [4.69, 9.17) is 4.84 Å². The molecular weight excluding hydrogens is 420 g/mol. The number of anilines is 2. The molecule has 8 nitrogen and oxygen atoms in total. The number of aromatic nitrogens is 2. The van der Waals surface area contributed by atoms with Gasteiger partial charge in [-0.25, -0.2) is 9.78 Å². The quantitative estimate of drug-likeness (QED) is 0.578. The van der Waals surface area contributed by atoms with Gasteiger partial charge in [0.15, 0.2) is 0 Å². The summed E-state index contributed by atoms with van der Waals surface area (Å²) < 4.78 is 0. The summed E-state index contributed by atoms with van der Waals surface area (Å²) in [6.45, 7) is 0. The summed E-state index contributed by atoms with van der Waals surface area (Å²) in [5.74, 6) is -1.11. The molecule has 8 heteroatoms. The number of imide groups is 1. The first-order chi connectivity index (χ1) is 16.1. The van der Waals surface area contributed by atoms with Crippen LogP contribution in [-0.2, 0) is 14.4 Å². The summed E-state index contributed by atoms with van der Waals surface area (Å²) in [4.78, 5) is 49.6. The van der Waals surface area contributed by atoms with Crippen molar-refractivity contribution < 1.29 is 19.2 Å². The van der Waals surface area contributed by atoms with E-state index in [9.17, 15) is 14.4 Å². The van der Waals surface area contributed by atoms with Crippen LogP contribution in [0.5, 0.6) is 0 Å². The van der Waals surface area contributed by atoms with Crippen LogP contribution in [0.15, 0.2) is 54.9 Å². The van der Waals surface area contributed by atoms with Crippen molar-refractivity contribution in [2.24, 2.45) is 0 Å². The molecule has 0 saturated carbocycles. The first-order valence-corrected chi connectivity index (χ1v) is 11.0. The first-order valence-electron chi connectivity index (χ1n) is 11.0. The third kappa shape index (κ3) is 4.32. The van der Waals surface area contributed by atoms with Crippen molar-refractivity contribution in [1.82, 2.24) is 15.0 Å². The molecule has 0 spiro atoms. The lowest BCUT2D eigenvalue weighted by molar-refractivity contribution is -0.172. The standard InChI is InChI=1S/C25H22N4O4/c30-22-10-11-23(31)29(22)33-25(32)17-6-8-19(9-7-17)28-21-14-20-18(15-27-21)12-13-26-24(20)16-4-2-1-3-5-16/h4,6-9,12-15H,1-3,5,10-11H2,(H,27,28). The molecule has 1 saturated heterocycles. The minimum absolute atomic E-state index is 0.0578. The van der Waals surface area contributed by atoms with Gasteiger partial charge in [-0.15, -0.1) is 5.06 Å². The molecule has 3 aromatic rings. The summed E-state index contributed by atoms with van der Waals surface area (Å²) in [5.41, 5.74) is 3.24. The van der Waals surface area contributed by atoms with E-state index in [1.807, 2.05) is 24.5 Å². The number of carbonyl (C=O) groups excluding carboxylic acids is 3. The molecule has 2 aromatic heterocycles. The monoisotopic (exact) mass is 442 g/mol. The van der Waals surface area contributed by atoms with Gasteiger partial charge in [0.05, 0.1) is 11.3 Å². The van der Waals surface area contributed by atoms with Crippen molar-refractivity contribution in [3.63, 3.8) is 0 Å². The molecule has 1 aliphatic heterocycles. The molecular formula is C25H22N4O4. The summed E-state index contributed by atoms with van der Waals surface area (Å²) in [7, 11) is 0. The maximum Gasteiger partial charge on any atom is 0.363 e. The van der Waals surface area contributed by atoms with Gasteiger partial charge >= 0.3 is 5.97 Å². The predicted octanol–water partition coefficient (Wildman–Crippen LogP) is 4.55.